The monoisotopic (exact) mass is 311 g/mol. The molecule has 4 aromatic rings. The summed E-state index contributed by atoms with van der Waals surface area (Å²) in [5, 5.41) is 4.42. The number of hydrogen-bond acceptors (Lipinski definition) is 2. The molecule has 2 heterocycles. The van der Waals surface area contributed by atoms with E-state index in [0.717, 1.165) is 26.6 Å². The quantitative estimate of drug-likeness (QED) is 0.503. The van der Waals surface area contributed by atoms with Gasteiger partial charge in [-0.15, -0.1) is 11.3 Å². The van der Waals surface area contributed by atoms with E-state index in [0.29, 0.717) is 10.6 Å². The topological polar surface area (TPSA) is 32.9 Å². The van der Waals surface area contributed by atoms with Gasteiger partial charge in [-0.1, -0.05) is 41.9 Å². The Morgan fingerprint density at radius 1 is 1.00 bits per heavy atom. The Morgan fingerprint density at radius 2 is 1.81 bits per heavy atom. The molecular formula is C17H10ClNOS. The Labute approximate surface area is 130 Å². The van der Waals surface area contributed by atoms with Gasteiger partial charge in [0.1, 0.15) is 0 Å². The highest BCUT2D eigenvalue weighted by atomic mass is 35.5. The second kappa shape index (κ2) is 4.72. The van der Waals surface area contributed by atoms with E-state index in [2.05, 4.69) is 4.98 Å². The average Bonchev–Trinajstić information content (AvgIpc) is 3.11. The van der Waals surface area contributed by atoms with Gasteiger partial charge >= 0.3 is 0 Å². The van der Waals surface area contributed by atoms with Gasteiger partial charge in [0.05, 0.1) is 10.5 Å². The van der Waals surface area contributed by atoms with Gasteiger partial charge in [0.15, 0.2) is 5.78 Å². The lowest BCUT2D eigenvalue weighted by molar-refractivity contribution is 0.104. The van der Waals surface area contributed by atoms with Crippen molar-refractivity contribution in [3.63, 3.8) is 0 Å². The number of thiophene rings is 1. The van der Waals surface area contributed by atoms with Crippen molar-refractivity contribution in [3.8, 4) is 0 Å². The normalized spacial score (nSPS) is 11.3. The van der Waals surface area contributed by atoms with E-state index in [1.165, 1.54) is 0 Å². The fraction of sp³-hybridized carbons (Fsp3) is 0. The van der Waals surface area contributed by atoms with E-state index in [-0.39, 0.29) is 5.78 Å². The van der Waals surface area contributed by atoms with Crippen molar-refractivity contribution in [2.45, 2.75) is 0 Å². The molecule has 0 aliphatic rings. The summed E-state index contributed by atoms with van der Waals surface area (Å²) in [7, 11) is 0. The number of fused-ring (bicyclic) bond motifs is 2. The summed E-state index contributed by atoms with van der Waals surface area (Å²) in [5.74, 6) is 0.0287. The number of benzene rings is 2. The first kappa shape index (κ1) is 12.6. The molecule has 2 nitrogen and oxygen atoms in total. The first-order valence-corrected chi connectivity index (χ1v) is 7.78. The minimum Gasteiger partial charge on any atom is -0.359 e. The Morgan fingerprint density at radius 3 is 2.71 bits per heavy atom. The summed E-state index contributed by atoms with van der Waals surface area (Å²) in [5.41, 5.74) is 2.22. The molecule has 0 radical (unpaired) electrons. The number of carbonyl (C=O) groups is 1. The van der Waals surface area contributed by atoms with Crippen molar-refractivity contribution in [3.05, 3.63) is 70.2 Å². The van der Waals surface area contributed by atoms with Gasteiger partial charge in [-0.25, -0.2) is 0 Å². The zero-order valence-electron chi connectivity index (χ0n) is 10.9. The second-order valence-corrected chi connectivity index (χ2v) is 6.16. The maximum atomic E-state index is 12.9. The standard InChI is InChI=1S/C17H10ClNOS/c18-14-6-3-5-11-12(8-19-16(11)14)17(20)13-9-21-15-7-2-1-4-10(13)15/h1-9,19H. The highest BCUT2D eigenvalue weighted by Crippen LogP contribution is 2.31. The summed E-state index contributed by atoms with van der Waals surface area (Å²) in [6.07, 6.45) is 1.74. The first-order valence-electron chi connectivity index (χ1n) is 6.52. The molecule has 0 bridgehead atoms. The summed E-state index contributed by atoms with van der Waals surface area (Å²) < 4.78 is 1.12. The molecule has 0 aliphatic heterocycles. The average molecular weight is 312 g/mol. The molecular weight excluding hydrogens is 302 g/mol. The molecule has 0 fully saturated rings. The fourth-order valence-corrected chi connectivity index (χ4v) is 3.77. The van der Waals surface area contributed by atoms with Gasteiger partial charge in [-0.2, -0.15) is 0 Å². The lowest BCUT2D eigenvalue weighted by atomic mass is 10.0. The van der Waals surface area contributed by atoms with Gasteiger partial charge in [-0.05, 0) is 12.1 Å². The largest absolute Gasteiger partial charge is 0.359 e. The maximum Gasteiger partial charge on any atom is 0.196 e. The molecule has 0 saturated heterocycles. The number of para-hydroxylation sites is 1. The van der Waals surface area contributed by atoms with Crippen molar-refractivity contribution in [2.24, 2.45) is 0 Å². The van der Waals surface area contributed by atoms with E-state index < -0.39 is 0 Å². The van der Waals surface area contributed by atoms with E-state index in [1.807, 2.05) is 47.8 Å². The lowest BCUT2D eigenvalue weighted by Gasteiger charge is -1.99. The smallest absolute Gasteiger partial charge is 0.196 e. The minimum atomic E-state index is 0.0287. The van der Waals surface area contributed by atoms with Gasteiger partial charge in [0.25, 0.3) is 0 Å². The number of halogens is 1. The van der Waals surface area contributed by atoms with Crippen LogP contribution in [0.5, 0.6) is 0 Å². The van der Waals surface area contributed by atoms with Crippen LogP contribution in [0.4, 0.5) is 0 Å². The van der Waals surface area contributed by atoms with Crippen LogP contribution in [0, 0.1) is 0 Å². The van der Waals surface area contributed by atoms with E-state index in [9.17, 15) is 4.79 Å². The number of aromatic nitrogens is 1. The van der Waals surface area contributed by atoms with Crippen LogP contribution in [-0.4, -0.2) is 10.8 Å². The number of aromatic amines is 1. The third-order valence-corrected chi connectivity index (χ3v) is 4.91. The second-order valence-electron chi connectivity index (χ2n) is 4.84. The molecule has 102 valence electrons. The molecule has 2 aromatic carbocycles. The van der Waals surface area contributed by atoms with Crippen LogP contribution in [0.1, 0.15) is 15.9 Å². The molecule has 4 rings (SSSR count). The maximum absolute atomic E-state index is 12.9. The van der Waals surface area contributed by atoms with Crippen molar-refractivity contribution in [1.82, 2.24) is 4.98 Å². The zero-order chi connectivity index (χ0) is 14.4. The van der Waals surface area contributed by atoms with Gasteiger partial charge < -0.3 is 4.98 Å². The molecule has 2 aromatic heterocycles. The number of hydrogen-bond donors (Lipinski definition) is 1. The van der Waals surface area contributed by atoms with Crippen molar-refractivity contribution in [2.75, 3.05) is 0 Å². The lowest BCUT2D eigenvalue weighted by Crippen LogP contribution is -1.98. The summed E-state index contributed by atoms with van der Waals surface area (Å²) in [6.45, 7) is 0. The Kier molecular flexibility index (Phi) is 2.84. The highest BCUT2D eigenvalue weighted by Gasteiger charge is 2.18. The predicted molar refractivity (Wildman–Crippen MR) is 88.6 cm³/mol. The molecule has 0 atom stereocenters. The first-order chi connectivity index (χ1) is 10.3. The third-order valence-electron chi connectivity index (χ3n) is 3.63. The third kappa shape index (κ3) is 1.89. The van der Waals surface area contributed by atoms with Crippen LogP contribution in [0.15, 0.2) is 54.0 Å². The van der Waals surface area contributed by atoms with Gasteiger partial charge in [0.2, 0.25) is 0 Å². The summed E-state index contributed by atoms with van der Waals surface area (Å²) in [4.78, 5) is 15.9. The van der Waals surface area contributed by atoms with Crippen molar-refractivity contribution in [1.29, 1.82) is 0 Å². The number of ketones is 1. The van der Waals surface area contributed by atoms with E-state index in [4.69, 9.17) is 11.6 Å². The SMILES string of the molecule is O=C(c1csc2ccccc12)c1c[nH]c2c(Cl)cccc12. The van der Waals surface area contributed by atoms with Crippen LogP contribution < -0.4 is 0 Å². The van der Waals surface area contributed by atoms with Crippen LogP contribution in [0.25, 0.3) is 21.0 Å². The molecule has 0 amide bonds. The molecule has 0 saturated carbocycles. The fourth-order valence-electron chi connectivity index (χ4n) is 2.60. The Balaban J connectivity index is 1.93. The van der Waals surface area contributed by atoms with E-state index in [1.54, 1.807) is 17.5 Å². The molecule has 4 heteroatoms. The van der Waals surface area contributed by atoms with Crippen molar-refractivity contribution >= 4 is 49.7 Å². The summed E-state index contributed by atoms with van der Waals surface area (Å²) >= 11 is 7.75. The van der Waals surface area contributed by atoms with E-state index >= 15 is 0 Å². The van der Waals surface area contributed by atoms with Gasteiger partial charge in [-0.3, -0.25) is 4.79 Å². The Bertz CT molecular complexity index is 983. The Hall–Kier alpha value is -2.10. The number of nitrogens with one attached hydrogen (secondary N) is 1. The van der Waals surface area contributed by atoms with Crippen molar-refractivity contribution < 1.29 is 4.79 Å². The predicted octanol–water partition coefficient (Wildman–Crippen LogP) is 5.27. The highest BCUT2D eigenvalue weighted by molar-refractivity contribution is 7.17. The van der Waals surface area contributed by atoms with Crippen LogP contribution >= 0.6 is 22.9 Å². The molecule has 21 heavy (non-hydrogen) atoms. The molecule has 0 aliphatic carbocycles. The minimum absolute atomic E-state index is 0.0287. The zero-order valence-corrected chi connectivity index (χ0v) is 12.5. The molecule has 0 spiro atoms. The number of rotatable bonds is 2. The molecule has 1 N–H and O–H groups in total. The summed E-state index contributed by atoms with van der Waals surface area (Å²) in [6, 6.07) is 13.6. The van der Waals surface area contributed by atoms with Crippen LogP contribution in [-0.2, 0) is 0 Å². The number of H-pyrrole nitrogens is 1. The van der Waals surface area contributed by atoms with Crippen LogP contribution in [0.3, 0.4) is 0 Å². The van der Waals surface area contributed by atoms with Gasteiger partial charge in [0, 0.05) is 38.2 Å². The number of carbonyl (C=O) groups excluding carboxylic acids is 1. The van der Waals surface area contributed by atoms with Crippen LogP contribution in [0.2, 0.25) is 5.02 Å². The molecule has 0 unspecified atom stereocenters.